The molecule has 0 heterocycles. The normalized spacial score (nSPS) is 11.5. The molecule has 0 aliphatic heterocycles. The van der Waals surface area contributed by atoms with Crippen LogP contribution in [0.1, 0.15) is 24.5 Å². The fraction of sp³-hybridized carbons (Fsp3) is 0.364. The lowest BCUT2D eigenvalue weighted by atomic mass is 10.1. The zero-order valence-electron chi connectivity index (χ0n) is 8.37. The van der Waals surface area contributed by atoms with E-state index in [1.807, 2.05) is 12.1 Å². The Morgan fingerprint density at radius 3 is 2.77 bits per heavy atom. The summed E-state index contributed by atoms with van der Waals surface area (Å²) in [7, 11) is 1.57. The Morgan fingerprint density at radius 1 is 1.46 bits per heavy atom. The molecule has 70 valence electrons. The monoisotopic (exact) mass is 177 g/mol. The summed E-state index contributed by atoms with van der Waals surface area (Å²) in [6.45, 7) is 4.14. The highest BCUT2D eigenvalue weighted by atomic mass is 16.6. The number of oxime groups is 1. The Balaban J connectivity index is 2.98. The van der Waals surface area contributed by atoms with Crippen LogP contribution in [0, 0.1) is 6.92 Å². The number of aryl methyl sites for hydroxylation is 1. The Kier molecular flexibility index (Phi) is 3.50. The molecule has 1 aromatic rings. The van der Waals surface area contributed by atoms with Crippen LogP contribution < -0.4 is 0 Å². The first-order valence-electron chi connectivity index (χ1n) is 4.45. The van der Waals surface area contributed by atoms with Gasteiger partial charge in [-0.25, -0.2) is 0 Å². The zero-order valence-corrected chi connectivity index (χ0v) is 8.37. The van der Waals surface area contributed by atoms with Gasteiger partial charge in [0.15, 0.2) is 0 Å². The molecule has 0 N–H and O–H groups in total. The second kappa shape index (κ2) is 4.65. The van der Waals surface area contributed by atoms with Crippen molar-refractivity contribution in [2.75, 3.05) is 7.11 Å². The third-order valence-electron chi connectivity index (χ3n) is 1.89. The van der Waals surface area contributed by atoms with E-state index in [0.29, 0.717) is 0 Å². The van der Waals surface area contributed by atoms with Crippen molar-refractivity contribution in [1.82, 2.24) is 0 Å². The van der Waals surface area contributed by atoms with Crippen molar-refractivity contribution < 1.29 is 4.84 Å². The van der Waals surface area contributed by atoms with E-state index in [0.717, 1.165) is 17.7 Å². The van der Waals surface area contributed by atoms with E-state index in [-0.39, 0.29) is 0 Å². The zero-order chi connectivity index (χ0) is 9.68. The fourth-order valence-electron chi connectivity index (χ4n) is 1.26. The molecule has 0 spiro atoms. The van der Waals surface area contributed by atoms with Crippen LogP contribution in [0.25, 0.3) is 0 Å². The van der Waals surface area contributed by atoms with Crippen LogP contribution in [0.4, 0.5) is 0 Å². The molecule has 0 bridgehead atoms. The van der Waals surface area contributed by atoms with Crippen LogP contribution in [0.15, 0.2) is 29.4 Å². The van der Waals surface area contributed by atoms with E-state index >= 15 is 0 Å². The number of hydrogen-bond donors (Lipinski definition) is 0. The van der Waals surface area contributed by atoms with Crippen molar-refractivity contribution in [1.29, 1.82) is 0 Å². The Hall–Kier alpha value is -1.31. The minimum absolute atomic E-state index is 0.886. The first-order chi connectivity index (χ1) is 6.27. The van der Waals surface area contributed by atoms with Gasteiger partial charge in [0.25, 0.3) is 0 Å². The number of benzene rings is 1. The van der Waals surface area contributed by atoms with Crippen LogP contribution in [0.3, 0.4) is 0 Å². The quantitative estimate of drug-likeness (QED) is 0.514. The largest absolute Gasteiger partial charge is 0.399 e. The van der Waals surface area contributed by atoms with Crippen LogP contribution in [-0.4, -0.2) is 12.8 Å². The molecule has 0 saturated heterocycles. The molecule has 2 nitrogen and oxygen atoms in total. The summed E-state index contributed by atoms with van der Waals surface area (Å²) >= 11 is 0. The molecular formula is C11H15NO. The molecule has 0 amide bonds. The van der Waals surface area contributed by atoms with Gasteiger partial charge in [0, 0.05) is 0 Å². The standard InChI is InChI=1S/C11H15NO/c1-4-11(12-13-3)10-7-5-6-9(2)8-10/h5-8H,4H2,1-3H3. The average Bonchev–Trinajstić information content (AvgIpc) is 2.14. The summed E-state index contributed by atoms with van der Waals surface area (Å²) in [6, 6.07) is 8.27. The lowest BCUT2D eigenvalue weighted by molar-refractivity contribution is 0.213. The molecule has 0 aliphatic carbocycles. The molecule has 0 atom stereocenters. The average molecular weight is 177 g/mol. The molecule has 1 rings (SSSR count). The van der Waals surface area contributed by atoms with E-state index in [1.165, 1.54) is 5.56 Å². The maximum Gasteiger partial charge on any atom is 0.106 e. The fourth-order valence-corrected chi connectivity index (χ4v) is 1.26. The van der Waals surface area contributed by atoms with E-state index in [9.17, 15) is 0 Å². The first-order valence-corrected chi connectivity index (χ1v) is 4.45. The minimum Gasteiger partial charge on any atom is -0.399 e. The smallest absolute Gasteiger partial charge is 0.106 e. The van der Waals surface area contributed by atoms with E-state index in [1.54, 1.807) is 7.11 Å². The van der Waals surface area contributed by atoms with Gasteiger partial charge in [0.05, 0.1) is 5.71 Å². The Morgan fingerprint density at radius 2 is 2.23 bits per heavy atom. The third kappa shape index (κ3) is 2.58. The lowest BCUT2D eigenvalue weighted by Crippen LogP contribution is -1.99. The van der Waals surface area contributed by atoms with Gasteiger partial charge < -0.3 is 4.84 Å². The van der Waals surface area contributed by atoms with Crippen molar-refractivity contribution >= 4 is 5.71 Å². The summed E-state index contributed by atoms with van der Waals surface area (Å²) in [4.78, 5) is 4.78. The molecule has 2 heteroatoms. The summed E-state index contributed by atoms with van der Waals surface area (Å²) < 4.78 is 0. The van der Waals surface area contributed by atoms with Crippen molar-refractivity contribution in [3.8, 4) is 0 Å². The third-order valence-corrected chi connectivity index (χ3v) is 1.89. The maximum atomic E-state index is 4.78. The minimum atomic E-state index is 0.886. The van der Waals surface area contributed by atoms with Gasteiger partial charge in [-0.1, -0.05) is 41.9 Å². The molecule has 0 aromatic heterocycles. The van der Waals surface area contributed by atoms with E-state index < -0.39 is 0 Å². The summed E-state index contributed by atoms with van der Waals surface area (Å²) in [5, 5.41) is 3.97. The van der Waals surface area contributed by atoms with Crippen molar-refractivity contribution in [2.24, 2.45) is 5.16 Å². The highest BCUT2D eigenvalue weighted by Gasteiger charge is 2.00. The molecule has 0 saturated carbocycles. The number of hydrogen-bond acceptors (Lipinski definition) is 2. The summed E-state index contributed by atoms with van der Waals surface area (Å²) in [5.74, 6) is 0. The molecule has 1 aromatic carbocycles. The maximum absolute atomic E-state index is 4.78. The Labute approximate surface area is 79.2 Å². The molecule has 0 radical (unpaired) electrons. The molecule has 0 fully saturated rings. The van der Waals surface area contributed by atoms with Gasteiger partial charge in [-0.05, 0) is 18.9 Å². The molecule has 0 aliphatic rings. The predicted octanol–water partition coefficient (Wildman–Crippen LogP) is 2.76. The van der Waals surface area contributed by atoms with Gasteiger partial charge >= 0.3 is 0 Å². The molecular weight excluding hydrogens is 162 g/mol. The van der Waals surface area contributed by atoms with Gasteiger partial charge in [-0.2, -0.15) is 0 Å². The van der Waals surface area contributed by atoms with Crippen LogP contribution in [0.2, 0.25) is 0 Å². The molecule has 13 heavy (non-hydrogen) atoms. The van der Waals surface area contributed by atoms with E-state index in [4.69, 9.17) is 4.84 Å². The lowest BCUT2D eigenvalue weighted by Gasteiger charge is -2.03. The van der Waals surface area contributed by atoms with Crippen molar-refractivity contribution in [3.05, 3.63) is 35.4 Å². The van der Waals surface area contributed by atoms with Crippen molar-refractivity contribution in [2.45, 2.75) is 20.3 Å². The molecule has 0 unspecified atom stereocenters. The van der Waals surface area contributed by atoms with Crippen molar-refractivity contribution in [3.63, 3.8) is 0 Å². The van der Waals surface area contributed by atoms with Gasteiger partial charge in [-0.3, -0.25) is 0 Å². The van der Waals surface area contributed by atoms with Crippen LogP contribution in [0.5, 0.6) is 0 Å². The van der Waals surface area contributed by atoms with Crippen LogP contribution in [-0.2, 0) is 4.84 Å². The second-order valence-corrected chi connectivity index (χ2v) is 2.94. The highest BCUT2D eigenvalue weighted by Crippen LogP contribution is 2.07. The van der Waals surface area contributed by atoms with Gasteiger partial charge in [-0.15, -0.1) is 0 Å². The van der Waals surface area contributed by atoms with E-state index in [2.05, 4.69) is 31.1 Å². The summed E-state index contributed by atoms with van der Waals surface area (Å²) in [5.41, 5.74) is 3.38. The SMILES string of the molecule is CCC(=NOC)c1cccc(C)c1. The second-order valence-electron chi connectivity index (χ2n) is 2.94. The number of nitrogens with zero attached hydrogens (tertiary/aromatic N) is 1. The number of rotatable bonds is 3. The highest BCUT2D eigenvalue weighted by molar-refractivity contribution is 6.00. The Bertz CT molecular complexity index is 305. The first kappa shape index (κ1) is 9.78. The van der Waals surface area contributed by atoms with Gasteiger partial charge in [0.1, 0.15) is 7.11 Å². The summed E-state index contributed by atoms with van der Waals surface area (Å²) in [6.07, 6.45) is 0.886. The van der Waals surface area contributed by atoms with Crippen LogP contribution >= 0.6 is 0 Å². The predicted molar refractivity (Wildman–Crippen MR) is 55.0 cm³/mol. The van der Waals surface area contributed by atoms with Gasteiger partial charge in [0.2, 0.25) is 0 Å². The topological polar surface area (TPSA) is 21.6 Å².